The highest BCUT2D eigenvalue weighted by molar-refractivity contribution is 9.10. The van der Waals surface area contributed by atoms with E-state index < -0.39 is 11.9 Å². The zero-order valence-corrected chi connectivity index (χ0v) is 15.3. The number of alkyl halides is 3. The molecule has 24 heavy (non-hydrogen) atoms. The standard InChI is InChI=1S/C16H13BrF3N3S/c1-3-24-13-6-9(17)4-5-10(13)15-22-11-7-14(16(18,19)20)21-8-12(11)23(15)2/h4-8H,3H2,1-2H3. The molecule has 8 heteroatoms. The van der Waals surface area contributed by atoms with Gasteiger partial charge in [0, 0.05) is 22.0 Å². The second kappa shape index (κ2) is 6.40. The monoisotopic (exact) mass is 415 g/mol. The van der Waals surface area contributed by atoms with Gasteiger partial charge < -0.3 is 4.57 Å². The quantitative estimate of drug-likeness (QED) is 0.527. The van der Waals surface area contributed by atoms with Crippen LogP contribution in [0.1, 0.15) is 12.6 Å². The zero-order valence-electron chi connectivity index (χ0n) is 12.9. The fourth-order valence-electron chi connectivity index (χ4n) is 2.44. The molecule has 3 aromatic rings. The lowest BCUT2D eigenvalue weighted by atomic mass is 10.2. The summed E-state index contributed by atoms with van der Waals surface area (Å²) in [5.41, 5.74) is 0.800. The van der Waals surface area contributed by atoms with Gasteiger partial charge in [-0.2, -0.15) is 13.2 Å². The van der Waals surface area contributed by atoms with E-state index in [1.165, 1.54) is 6.20 Å². The number of aryl methyl sites for hydroxylation is 1. The van der Waals surface area contributed by atoms with Gasteiger partial charge in [-0.1, -0.05) is 22.9 Å². The minimum atomic E-state index is -4.48. The minimum absolute atomic E-state index is 0.283. The minimum Gasteiger partial charge on any atom is -0.326 e. The first-order valence-corrected chi connectivity index (χ1v) is 8.91. The maximum Gasteiger partial charge on any atom is 0.433 e. The number of aromatic nitrogens is 3. The Hall–Kier alpha value is -1.54. The SMILES string of the molecule is CCSc1cc(Br)ccc1-c1nc2cc(C(F)(F)F)ncc2n1C. The Balaban J connectivity index is 2.19. The molecule has 1 aromatic carbocycles. The molecule has 2 aromatic heterocycles. The van der Waals surface area contributed by atoms with Crippen LogP contribution in [0.5, 0.6) is 0 Å². The second-order valence-corrected chi connectivity index (χ2v) is 7.35. The number of pyridine rings is 1. The molecule has 0 spiro atoms. The average molecular weight is 416 g/mol. The Morgan fingerprint density at radius 3 is 2.67 bits per heavy atom. The van der Waals surface area contributed by atoms with Gasteiger partial charge >= 0.3 is 6.18 Å². The second-order valence-electron chi connectivity index (χ2n) is 5.12. The van der Waals surface area contributed by atoms with E-state index in [-0.39, 0.29) is 5.52 Å². The number of imidazole rings is 1. The number of hydrogen-bond donors (Lipinski definition) is 0. The van der Waals surface area contributed by atoms with Crippen LogP contribution in [0.15, 0.2) is 39.8 Å². The fraction of sp³-hybridized carbons (Fsp3) is 0.250. The summed E-state index contributed by atoms with van der Waals surface area (Å²) in [6.45, 7) is 2.05. The first-order chi connectivity index (χ1) is 11.3. The summed E-state index contributed by atoms with van der Waals surface area (Å²) in [5, 5.41) is 0. The molecule has 0 saturated heterocycles. The Morgan fingerprint density at radius 1 is 1.25 bits per heavy atom. The van der Waals surface area contributed by atoms with Crippen LogP contribution in [-0.2, 0) is 13.2 Å². The highest BCUT2D eigenvalue weighted by Crippen LogP contribution is 2.35. The molecule has 0 aliphatic heterocycles. The van der Waals surface area contributed by atoms with Gasteiger partial charge in [-0.3, -0.25) is 0 Å². The highest BCUT2D eigenvalue weighted by atomic mass is 79.9. The van der Waals surface area contributed by atoms with Gasteiger partial charge in [-0.15, -0.1) is 11.8 Å². The Labute approximate surface area is 149 Å². The largest absolute Gasteiger partial charge is 0.433 e. The van der Waals surface area contributed by atoms with Crippen LogP contribution in [0.4, 0.5) is 13.2 Å². The molecular formula is C16H13BrF3N3S. The van der Waals surface area contributed by atoms with E-state index in [1.807, 2.05) is 25.1 Å². The molecule has 0 aliphatic rings. The number of hydrogen-bond acceptors (Lipinski definition) is 3. The van der Waals surface area contributed by atoms with Crippen molar-refractivity contribution in [1.29, 1.82) is 0 Å². The summed E-state index contributed by atoms with van der Waals surface area (Å²) in [5.74, 6) is 1.50. The maximum atomic E-state index is 12.8. The van der Waals surface area contributed by atoms with Gasteiger partial charge in [0.15, 0.2) is 0 Å². The van der Waals surface area contributed by atoms with Crippen LogP contribution in [-0.4, -0.2) is 20.3 Å². The summed E-state index contributed by atoms with van der Waals surface area (Å²) < 4.78 is 41.3. The number of fused-ring (bicyclic) bond motifs is 1. The number of halogens is 4. The predicted octanol–water partition coefficient (Wildman–Crippen LogP) is 5.53. The highest BCUT2D eigenvalue weighted by Gasteiger charge is 2.33. The van der Waals surface area contributed by atoms with Crippen LogP contribution in [0.3, 0.4) is 0 Å². The van der Waals surface area contributed by atoms with Crippen molar-refractivity contribution in [1.82, 2.24) is 14.5 Å². The third-order valence-electron chi connectivity index (χ3n) is 3.54. The Morgan fingerprint density at radius 2 is 2.00 bits per heavy atom. The Bertz CT molecular complexity index is 905. The van der Waals surface area contributed by atoms with Crippen molar-refractivity contribution < 1.29 is 13.2 Å². The van der Waals surface area contributed by atoms with Crippen molar-refractivity contribution in [3.05, 3.63) is 40.6 Å². The van der Waals surface area contributed by atoms with Crippen LogP contribution < -0.4 is 0 Å². The number of nitrogens with zero attached hydrogens (tertiary/aromatic N) is 3. The van der Waals surface area contributed by atoms with E-state index in [4.69, 9.17) is 0 Å². The molecule has 0 N–H and O–H groups in total. The van der Waals surface area contributed by atoms with Crippen molar-refractivity contribution in [3.63, 3.8) is 0 Å². The molecule has 0 saturated carbocycles. The lowest BCUT2D eigenvalue weighted by Crippen LogP contribution is -2.07. The molecule has 0 unspecified atom stereocenters. The van der Waals surface area contributed by atoms with E-state index >= 15 is 0 Å². The maximum absolute atomic E-state index is 12.8. The summed E-state index contributed by atoms with van der Waals surface area (Å²) >= 11 is 5.11. The number of thioether (sulfide) groups is 1. The molecule has 2 heterocycles. The summed E-state index contributed by atoms with van der Waals surface area (Å²) in [7, 11) is 1.78. The topological polar surface area (TPSA) is 30.7 Å². The summed E-state index contributed by atoms with van der Waals surface area (Å²) in [6.07, 6.45) is -3.26. The van der Waals surface area contributed by atoms with E-state index in [9.17, 15) is 13.2 Å². The molecule has 0 fully saturated rings. The van der Waals surface area contributed by atoms with Gasteiger partial charge in [0.25, 0.3) is 0 Å². The average Bonchev–Trinajstić information content (AvgIpc) is 2.83. The van der Waals surface area contributed by atoms with Crippen LogP contribution in [0.25, 0.3) is 22.4 Å². The van der Waals surface area contributed by atoms with Gasteiger partial charge in [0.2, 0.25) is 0 Å². The molecule has 0 atom stereocenters. The Kier molecular flexibility index (Phi) is 4.61. The van der Waals surface area contributed by atoms with Crippen molar-refractivity contribution in [2.75, 3.05) is 5.75 Å². The van der Waals surface area contributed by atoms with Crippen molar-refractivity contribution in [2.24, 2.45) is 7.05 Å². The van der Waals surface area contributed by atoms with Crippen LogP contribution in [0, 0.1) is 0 Å². The molecule has 3 rings (SSSR count). The van der Waals surface area contributed by atoms with Crippen molar-refractivity contribution >= 4 is 38.7 Å². The molecule has 0 bridgehead atoms. The van der Waals surface area contributed by atoms with Gasteiger partial charge in [0.05, 0.1) is 17.2 Å². The molecule has 0 radical (unpaired) electrons. The number of benzene rings is 1. The van der Waals surface area contributed by atoms with E-state index in [0.29, 0.717) is 11.3 Å². The first-order valence-electron chi connectivity index (χ1n) is 7.13. The molecule has 0 aliphatic carbocycles. The normalized spacial score (nSPS) is 12.1. The van der Waals surface area contributed by atoms with Crippen LogP contribution >= 0.6 is 27.7 Å². The zero-order chi connectivity index (χ0) is 17.5. The molecule has 0 amide bonds. The lowest BCUT2D eigenvalue weighted by molar-refractivity contribution is -0.141. The molecule has 3 nitrogen and oxygen atoms in total. The third-order valence-corrected chi connectivity index (χ3v) is 4.97. The molecular weight excluding hydrogens is 403 g/mol. The van der Waals surface area contributed by atoms with Crippen molar-refractivity contribution in [3.8, 4) is 11.4 Å². The smallest absolute Gasteiger partial charge is 0.326 e. The van der Waals surface area contributed by atoms with Gasteiger partial charge in [-0.25, -0.2) is 9.97 Å². The fourth-order valence-corrected chi connectivity index (χ4v) is 3.79. The molecule has 126 valence electrons. The summed E-state index contributed by atoms with van der Waals surface area (Å²) in [6, 6.07) is 6.79. The predicted molar refractivity (Wildman–Crippen MR) is 93.0 cm³/mol. The van der Waals surface area contributed by atoms with E-state index in [0.717, 1.165) is 26.8 Å². The summed E-state index contributed by atoms with van der Waals surface area (Å²) in [4.78, 5) is 8.97. The first kappa shape index (κ1) is 17.3. The van der Waals surface area contributed by atoms with Gasteiger partial charge in [0.1, 0.15) is 11.5 Å². The number of rotatable bonds is 3. The van der Waals surface area contributed by atoms with Crippen LogP contribution in [0.2, 0.25) is 0 Å². The lowest BCUT2D eigenvalue weighted by Gasteiger charge is -2.09. The van der Waals surface area contributed by atoms with E-state index in [2.05, 4.69) is 25.9 Å². The third kappa shape index (κ3) is 3.17. The van der Waals surface area contributed by atoms with E-state index in [1.54, 1.807) is 23.4 Å². The van der Waals surface area contributed by atoms with Crippen molar-refractivity contribution in [2.45, 2.75) is 18.0 Å². The van der Waals surface area contributed by atoms with Gasteiger partial charge in [-0.05, 0) is 30.0 Å².